The number of benzene rings is 2. The Morgan fingerprint density at radius 3 is 2.58 bits per heavy atom. The van der Waals surface area contributed by atoms with Crippen molar-refractivity contribution in [3.63, 3.8) is 0 Å². The molecule has 0 radical (unpaired) electrons. The van der Waals surface area contributed by atoms with Crippen LogP contribution in [0.5, 0.6) is 0 Å². The third-order valence-electron chi connectivity index (χ3n) is 5.45. The van der Waals surface area contributed by atoms with Crippen molar-refractivity contribution in [2.75, 3.05) is 5.32 Å². The minimum atomic E-state index is -0.264. The molecule has 2 aromatic carbocycles. The third-order valence-corrected chi connectivity index (χ3v) is 5.45. The van der Waals surface area contributed by atoms with Crippen LogP contribution in [0.1, 0.15) is 36.9 Å². The molecular weight excluding hydrogens is 394 g/mol. The second kappa shape index (κ2) is 7.86. The fraction of sp³-hybridized carbons (Fsp3) is 0.304. The molecule has 2 aromatic heterocycles. The first-order valence-electron chi connectivity index (χ1n) is 10.2. The summed E-state index contributed by atoms with van der Waals surface area (Å²) in [7, 11) is 0. The maximum absolute atomic E-state index is 13.2. The van der Waals surface area contributed by atoms with Crippen LogP contribution in [-0.4, -0.2) is 25.2 Å². The fourth-order valence-corrected chi connectivity index (χ4v) is 3.71. The molecule has 8 nitrogen and oxygen atoms in total. The number of aryl methyl sites for hydroxylation is 2. The zero-order valence-electron chi connectivity index (χ0n) is 18.3. The summed E-state index contributed by atoms with van der Waals surface area (Å²) < 4.78 is 8.26. The summed E-state index contributed by atoms with van der Waals surface area (Å²) in [6.45, 7) is 9.46. The fourth-order valence-electron chi connectivity index (χ4n) is 3.71. The highest BCUT2D eigenvalue weighted by Crippen LogP contribution is 2.24. The van der Waals surface area contributed by atoms with Gasteiger partial charge in [-0.05, 0) is 63.1 Å². The summed E-state index contributed by atoms with van der Waals surface area (Å²) in [5.41, 5.74) is 4.72. The van der Waals surface area contributed by atoms with Crippen molar-refractivity contribution in [3.8, 4) is 11.4 Å². The summed E-state index contributed by atoms with van der Waals surface area (Å²) in [6, 6.07) is 11.2. The highest BCUT2D eigenvalue weighted by molar-refractivity contribution is 5.93. The molecule has 31 heavy (non-hydrogen) atoms. The molecule has 4 aromatic rings. The van der Waals surface area contributed by atoms with Crippen molar-refractivity contribution in [1.82, 2.24) is 19.3 Å². The van der Waals surface area contributed by atoms with E-state index in [0.29, 0.717) is 22.8 Å². The maximum Gasteiger partial charge on any atom is 0.329 e. The van der Waals surface area contributed by atoms with Crippen LogP contribution >= 0.6 is 0 Å². The minimum Gasteiger partial charge on any atom is -0.339 e. The molecule has 0 aliphatic rings. The van der Waals surface area contributed by atoms with Gasteiger partial charge in [0.1, 0.15) is 6.54 Å². The average Bonchev–Trinajstić information content (AvgIpc) is 3.26. The average molecular weight is 419 g/mol. The summed E-state index contributed by atoms with van der Waals surface area (Å²) in [5, 5.41) is 6.89. The lowest BCUT2D eigenvalue weighted by molar-refractivity contribution is -0.116. The normalized spacial score (nSPS) is 11.4. The quantitative estimate of drug-likeness (QED) is 0.528. The predicted octanol–water partition coefficient (Wildman–Crippen LogP) is 4.00. The second-order valence-corrected chi connectivity index (χ2v) is 7.97. The van der Waals surface area contributed by atoms with Crippen molar-refractivity contribution < 1.29 is 9.32 Å². The number of hydrogen-bond donors (Lipinski definition) is 1. The molecule has 0 saturated heterocycles. The number of nitrogens with one attached hydrogen (secondary N) is 1. The minimum absolute atomic E-state index is 0.0587. The van der Waals surface area contributed by atoms with E-state index in [1.54, 1.807) is 11.5 Å². The van der Waals surface area contributed by atoms with E-state index in [1.807, 2.05) is 64.1 Å². The Hall–Kier alpha value is -3.68. The number of carbonyl (C=O) groups excluding carboxylic acids is 1. The zero-order valence-corrected chi connectivity index (χ0v) is 18.3. The molecule has 0 aliphatic heterocycles. The van der Waals surface area contributed by atoms with Crippen molar-refractivity contribution in [3.05, 3.63) is 63.9 Å². The van der Waals surface area contributed by atoms with Gasteiger partial charge in [-0.25, -0.2) is 4.79 Å². The number of nitrogens with zero attached hydrogens (tertiary/aromatic N) is 4. The van der Waals surface area contributed by atoms with Gasteiger partial charge in [0, 0.05) is 24.2 Å². The summed E-state index contributed by atoms with van der Waals surface area (Å²) in [5.74, 6) is 0.634. The van der Waals surface area contributed by atoms with Crippen LogP contribution in [0, 0.1) is 20.8 Å². The Morgan fingerprint density at radius 1 is 1.13 bits per heavy atom. The molecular formula is C23H25N5O3. The Balaban J connectivity index is 1.76. The highest BCUT2D eigenvalue weighted by Gasteiger charge is 2.19. The molecule has 0 spiro atoms. The molecule has 0 saturated carbocycles. The Bertz CT molecular complexity index is 1340. The number of aromatic nitrogens is 4. The molecule has 0 aliphatic carbocycles. The van der Waals surface area contributed by atoms with Crippen LogP contribution in [0.25, 0.3) is 22.4 Å². The SMILES string of the molecule is Cc1nc(-c2ccc3c(c2)n(CC(=O)Nc2cccc(C)c2C)c(=O)n3C(C)C)no1. The van der Waals surface area contributed by atoms with E-state index in [4.69, 9.17) is 4.52 Å². The van der Waals surface area contributed by atoms with Gasteiger partial charge in [-0.1, -0.05) is 17.3 Å². The molecule has 0 fully saturated rings. The first-order valence-corrected chi connectivity index (χ1v) is 10.2. The summed E-state index contributed by atoms with van der Waals surface area (Å²) in [6.07, 6.45) is 0. The number of anilines is 1. The van der Waals surface area contributed by atoms with Gasteiger partial charge in [-0.15, -0.1) is 0 Å². The molecule has 8 heteroatoms. The van der Waals surface area contributed by atoms with E-state index in [2.05, 4.69) is 15.5 Å². The lowest BCUT2D eigenvalue weighted by atomic mass is 10.1. The number of imidazole rings is 1. The Kier molecular flexibility index (Phi) is 5.22. The van der Waals surface area contributed by atoms with Crippen LogP contribution in [0.3, 0.4) is 0 Å². The van der Waals surface area contributed by atoms with E-state index in [0.717, 1.165) is 22.3 Å². The molecule has 0 unspecified atom stereocenters. The van der Waals surface area contributed by atoms with Gasteiger partial charge in [0.15, 0.2) is 0 Å². The second-order valence-electron chi connectivity index (χ2n) is 7.97. The molecule has 0 atom stereocenters. The number of hydrogen-bond acceptors (Lipinski definition) is 5. The van der Waals surface area contributed by atoms with E-state index >= 15 is 0 Å². The largest absolute Gasteiger partial charge is 0.339 e. The van der Waals surface area contributed by atoms with Gasteiger partial charge in [0.25, 0.3) is 0 Å². The van der Waals surface area contributed by atoms with Crippen molar-refractivity contribution >= 4 is 22.6 Å². The third kappa shape index (κ3) is 3.76. The molecule has 1 N–H and O–H groups in total. The molecule has 160 valence electrons. The molecule has 0 bridgehead atoms. The van der Waals surface area contributed by atoms with Crippen LogP contribution < -0.4 is 11.0 Å². The predicted molar refractivity (Wildman–Crippen MR) is 119 cm³/mol. The highest BCUT2D eigenvalue weighted by atomic mass is 16.5. The molecule has 4 rings (SSSR count). The van der Waals surface area contributed by atoms with Crippen LogP contribution in [0.15, 0.2) is 45.7 Å². The van der Waals surface area contributed by atoms with Gasteiger partial charge in [0.05, 0.1) is 11.0 Å². The van der Waals surface area contributed by atoms with Crippen molar-refractivity contribution in [2.24, 2.45) is 0 Å². The van der Waals surface area contributed by atoms with Gasteiger partial charge in [0.2, 0.25) is 17.6 Å². The first kappa shape index (κ1) is 20.6. The number of carbonyl (C=O) groups is 1. The lowest BCUT2D eigenvalue weighted by Crippen LogP contribution is -2.30. The van der Waals surface area contributed by atoms with Gasteiger partial charge in [-0.2, -0.15) is 4.98 Å². The van der Waals surface area contributed by atoms with Crippen molar-refractivity contribution in [2.45, 2.75) is 47.2 Å². The Labute approximate surface area is 179 Å². The van der Waals surface area contributed by atoms with Crippen LogP contribution in [0.4, 0.5) is 5.69 Å². The van der Waals surface area contributed by atoms with E-state index in [-0.39, 0.29) is 24.2 Å². The summed E-state index contributed by atoms with van der Waals surface area (Å²) in [4.78, 5) is 30.3. The van der Waals surface area contributed by atoms with Gasteiger partial charge >= 0.3 is 5.69 Å². The standard InChI is InChI=1S/C23H25N5O3/c1-13(2)28-19-10-9-17(22-24-16(5)31-26-22)11-20(19)27(23(28)30)12-21(29)25-18-8-6-7-14(3)15(18)4/h6-11,13H,12H2,1-5H3,(H,25,29). The number of amides is 1. The van der Waals surface area contributed by atoms with Crippen LogP contribution in [-0.2, 0) is 11.3 Å². The number of rotatable bonds is 5. The monoisotopic (exact) mass is 419 g/mol. The smallest absolute Gasteiger partial charge is 0.329 e. The van der Waals surface area contributed by atoms with Gasteiger partial charge in [-0.3, -0.25) is 13.9 Å². The van der Waals surface area contributed by atoms with Crippen molar-refractivity contribution in [1.29, 1.82) is 0 Å². The zero-order chi connectivity index (χ0) is 22.3. The van der Waals surface area contributed by atoms with Gasteiger partial charge < -0.3 is 9.84 Å². The Morgan fingerprint density at radius 2 is 1.90 bits per heavy atom. The topological polar surface area (TPSA) is 95.0 Å². The maximum atomic E-state index is 13.2. The first-order chi connectivity index (χ1) is 14.8. The van der Waals surface area contributed by atoms with E-state index in [9.17, 15) is 9.59 Å². The van der Waals surface area contributed by atoms with Crippen LogP contribution in [0.2, 0.25) is 0 Å². The summed E-state index contributed by atoms with van der Waals surface area (Å²) >= 11 is 0. The molecule has 1 amide bonds. The number of fused-ring (bicyclic) bond motifs is 1. The molecule has 2 heterocycles. The lowest BCUT2D eigenvalue weighted by Gasteiger charge is -2.11. The van der Waals surface area contributed by atoms with E-state index in [1.165, 1.54) is 4.57 Å². The van der Waals surface area contributed by atoms with E-state index < -0.39 is 0 Å².